The summed E-state index contributed by atoms with van der Waals surface area (Å²) in [5, 5.41) is 14.1. The zero-order chi connectivity index (χ0) is 39.3. The van der Waals surface area contributed by atoms with Gasteiger partial charge in [0.2, 0.25) is 0 Å². The molecule has 11 aromatic carbocycles. The number of fused-ring (bicyclic) bond motifs is 12. The van der Waals surface area contributed by atoms with E-state index in [9.17, 15) is 0 Å². The highest BCUT2D eigenvalue weighted by Gasteiger charge is 2.22. The van der Waals surface area contributed by atoms with Gasteiger partial charge < -0.3 is 8.83 Å². The molecule has 0 atom stereocenters. The Labute approximate surface area is 345 Å². The zero-order valence-electron chi connectivity index (χ0n) is 32.4. The van der Waals surface area contributed by atoms with Crippen LogP contribution in [0, 0.1) is 0 Å². The molecule has 60 heavy (non-hydrogen) atoms. The molecule has 0 fully saturated rings. The highest BCUT2D eigenvalue weighted by atomic mass is 16.3. The molecule has 13 aromatic rings. The highest BCUT2D eigenvalue weighted by Crippen LogP contribution is 2.49. The predicted octanol–water partition coefficient (Wildman–Crippen LogP) is 16.8. The van der Waals surface area contributed by atoms with E-state index in [4.69, 9.17) is 8.83 Å². The van der Waals surface area contributed by atoms with Gasteiger partial charge in [0.15, 0.2) is 0 Å². The quantitative estimate of drug-likeness (QED) is 0.167. The standard InChI is InChI=1S/C58H34O2/c1-2-14-35(15-3-1)38-18-8-9-21-43(38)54-44-24-10-22-41(46-26-12-28-48-55-39-19-6-4-16-36(39)30-32-52(55)59-57(46)48)50(44)34-51-42(23-11-25-45(51)54)47-27-13-29-49-56-40-20-7-5-17-37(40)31-33-53(56)60-58(47)49/h1-34H. The van der Waals surface area contributed by atoms with Gasteiger partial charge >= 0.3 is 0 Å². The molecule has 2 nitrogen and oxygen atoms in total. The van der Waals surface area contributed by atoms with Gasteiger partial charge in [0.1, 0.15) is 22.3 Å². The Morgan fingerprint density at radius 2 is 0.667 bits per heavy atom. The molecule has 2 aromatic heterocycles. The fourth-order valence-electron chi connectivity index (χ4n) is 10.1. The Hall–Kier alpha value is -7.94. The molecule has 0 aliphatic carbocycles. The van der Waals surface area contributed by atoms with Crippen molar-refractivity contribution in [2.24, 2.45) is 0 Å². The van der Waals surface area contributed by atoms with Crippen molar-refractivity contribution >= 4 is 87.0 Å². The Balaban J connectivity index is 1.15. The molecule has 2 heteroatoms. The summed E-state index contributed by atoms with van der Waals surface area (Å²) in [6.07, 6.45) is 0. The van der Waals surface area contributed by atoms with Crippen LogP contribution >= 0.6 is 0 Å². The summed E-state index contributed by atoms with van der Waals surface area (Å²) in [7, 11) is 0. The van der Waals surface area contributed by atoms with E-state index in [2.05, 4.69) is 206 Å². The van der Waals surface area contributed by atoms with Crippen LogP contribution in [0.4, 0.5) is 0 Å². The first kappa shape index (κ1) is 33.1. The van der Waals surface area contributed by atoms with Crippen LogP contribution in [0.15, 0.2) is 215 Å². The Morgan fingerprint density at radius 1 is 0.250 bits per heavy atom. The third kappa shape index (κ3) is 4.76. The van der Waals surface area contributed by atoms with Gasteiger partial charge in [-0.3, -0.25) is 0 Å². The maximum atomic E-state index is 6.86. The summed E-state index contributed by atoms with van der Waals surface area (Å²) in [5.74, 6) is 0. The number of benzene rings is 11. The van der Waals surface area contributed by atoms with E-state index < -0.39 is 0 Å². The summed E-state index contributed by atoms with van der Waals surface area (Å²) in [5.41, 5.74) is 12.8. The van der Waals surface area contributed by atoms with Crippen LogP contribution in [0.1, 0.15) is 0 Å². The van der Waals surface area contributed by atoms with E-state index >= 15 is 0 Å². The minimum atomic E-state index is 0.897. The van der Waals surface area contributed by atoms with E-state index in [0.717, 1.165) is 76.9 Å². The molecule has 0 radical (unpaired) electrons. The number of furan rings is 2. The molecule has 13 rings (SSSR count). The predicted molar refractivity (Wildman–Crippen MR) is 253 cm³/mol. The fraction of sp³-hybridized carbons (Fsp3) is 0. The van der Waals surface area contributed by atoms with Crippen LogP contribution in [-0.2, 0) is 0 Å². The summed E-state index contributed by atoms with van der Waals surface area (Å²) in [6, 6.07) is 74.4. The number of hydrogen-bond donors (Lipinski definition) is 0. The monoisotopic (exact) mass is 762 g/mol. The van der Waals surface area contributed by atoms with Crippen LogP contribution < -0.4 is 0 Å². The molecule has 0 aliphatic heterocycles. The second kappa shape index (κ2) is 12.8. The Bertz CT molecular complexity index is 3670. The van der Waals surface area contributed by atoms with E-state index in [-0.39, 0.29) is 0 Å². The van der Waals surface area contributed by atoms with Crippen molar-refractivity contribution in [3.05, 3.63) is 206 Å². The van der Waals surface area contributed by atoms with Crippen LogP contribution in [0.3, 0.4) is 0 Å². The average Bonchev–Trinajstić information content (AvgIpc) is 3.90. The fourth-order valence-corrected chi connectivity index (χ4v) is 10.1. The second-order valence-electron chi connectivity index (χ2n) is 15.9. The van der Waals surface area contributed by atoms with E-state index in [1.807, 2.05) is 0 Å². The van der Waals surface area contributed by atoms with Gasteiger partial charge in [-0.05, 0) is 94.7 Å². The lowest BCUT2D eigenvalue weighted by molar-refractivity contribution is 0.670. The van der Waals surface area contributed by atoms with Gasteiger partial charge in [0, 0.05) is 32.7 Å². The minimum absolute atomic E-state index is 0.897. The molecular formula is C58H34O2. The first-order valence-electron chi connectivity index (χ1n) is 20.6. The van der Waals surface area contributed by atoms with E-state index in [0.29, 0.717) is 0 Å². The smallest absolute Gasteiger partial charge is 0.143 e. The maximum absolute atomic E-state index is 6.86. The van der Waals surface area contributed by atoms with Crippen molar-refractivity contribution in [2.45, 2.75) is 0 Å². The van der Waals surface area contributed by atoms with Crippen molar-refractivity contribution in [1.82, 2.24) is 0 Å². The minimum Gasteiger partial charge on any atom is -0.455 e. The lowest BCUT2D eigenvalue weighted by atomic mass is 9.84. The highest BCUT2D eigenvalue weighted by molar-refractivity contribution is 6.26. The topological polar surface area (TPSA) is 26.3 Å². The lowest BCUT2D eigenvalue weighted by Crippen LogP contribution is -1.92. The molecule has 0 saturated heterocycles. The number of para-hydroxylation sites is 2. The number of hydrogen-bond acceptors (Lipinski definition) is 2. The second-order valence-corrected chi connectivity index (χ2v) is 15.9. The van der Waals surface area contributed by atoms with Gasteiger partial charge in [0.05, 0.1) is 0 Å². The summed E-state index contributed by atoms with van der Waals surface area (Å²) >= 11 is 0. The molecule has 0 aliphatic rings. The average molecular weight is 763 g/mol. The van der Waals surface area contributed by atoms with Gasteiger partial charge in [-0.2, -0.15) is 0 Å². The Morgan fingerprint density at radius 3 is 1.22 bits per heavy atom. The van der Waals surface area contributed by atoms with Crippen LogP contribution in [-0.4, -0.2) is 0 Å². The van der Waals surface area contributed by atoms with Gasteiger partial charge in [0.25, 0.3) is 0 Å². The first-order chi connectivity index (χ1) is 29.8. The first-order valence-corrected chi connectivity index (χ1v) is 20.6. The van der Waals surface area contributed by atoms with Gasteiger partial charge in [-0.15, -0.1) is 0 Å². The van der Waals surface area contributed by atoms with Crippen molar-refractivity contribution in [3.8, 4) is 44.5 Å². The van der Waals surface area contributed by atoms with Crippen LogP contribution in [0.5, 0.6) is 0 Å². The molecule has 0 spiro atoms. The van der Waals surface area contributed by atoms with Crippen LogP contribution in [0.25, 0.3) is 131 Å². The van der Waals surface area contributed by atoms with Crippen LogP contribution in [0.2, 0.25) is 0 Å². The van der Waals surface area contributed by atoms with E-state index in [1.165, 1.54) is 54.6 Å². The maximum Gasteiger partial charge on any atom is 0.143 e. The summed E-state index contributed by atoms with van der Waals surface area (Å²) < 4.78 is 13.7. The molecule has 0 N–H and O–H groups in total. The number of rotatable bonds is 4. The zero-order valence-corrected chi connectivity index (χ0v) is 32.4. The molecular weight excluding hydrogens is 729 g/mol. The molecule has 0 unspecified atom stereocenters. The Kier molecular flexibility index (Phi) is 7.05. The molecule has 2 heterocycles. The van der Waals surface area contributed by atoms with E-state index in [1.54, 1.807) is 0 Å². The lowest BCUT2D eigenvalue weighted by Gasteiger charge is -2.19. The van der Waals surface area contributed by atoms with Gasteiger partial charge in [-0.25, -0.2) is 0 Å². The van der Waals surface area contributed by atoms with Gasteiger partial charge in [-0.1, -0.05) is 188 Å². The largest absolute Gasteiger partial charge is 0.455 e. The van der Waals surface area contributed by atoms with Crippen molar-refractivity contribution < 1.29 is 8.83 Å². The van der Waals surface area contributed by atoms with Crippen molar-refractivity contribution in [2.75, 3.05) is 0 Å². The molecule has 0 bridgehead atoms. The summed E-state index contributed by atoms with van der Waals surface area (Å²) in [6.45, 7) is 0. The molecule has 0 saturated carbocycles. The third-order valence-electron chi connectivity index (χ3n) is 12.7. The molecule has 0 amide bonds. The molecule has 278 valence electrons. The van der Waals surface area contributed by atoms with Crippen molar-refractivity contribution in [1.29, 1.82) is 0 Å². The normalized spacial score (nSPS) is 12.0. The van der Waals surface area contributed by atoms with Crippen molar-refractivity contribution in [3.63, 3.8) is 0 Å². The summed E-state index contributed by atoms with van der Waals surface area (Å²) in [4.78, 5) is 0. The SMILES string of the molecule is c1ccc(-c2ccccc2-c2c3cccc(-c4cccc5c4oc4ccc6ccccc6c45)c3cc3c(-c4cccc5c4oc4ccc6ccccc6c45)cccc23)cc1. The third-order valence-corrected chi connectivity index (χ3v) is 12.7.